The van der Waals surface area contributed by atoms with Crippen LogP contribution in [0.1, 0.15) is 31.6 Å². The van der Waals surface area contributed by atoms with Gasteiger partial charge in [-0.2, -0.15) is 0 Å². The first-order valence-electron chi connectivity index (χ1n) is 5.35. The van der Waals surface area contributed by atoms with E-state index >= 15 is 0 Å². The molecule has 7 heteroatoms. The first-order valence-corrected chi connectivity index (χ1v) is 5.35. The quantitative estimate of drug-likeness (QED) is 0.277. The molecule has 0 radical (unpaired) electrons. The molecule has 1 aliphatic rings. The van der Waals surface area contributed by atoms with Gasteiger partial charge in [0.2, 0.25) is 5.96 Å². The number of aliphatic imine (C=N–C) groups is 1. The van der Waals surface area contributed by atoms with Crippen LogP contribution in [-0.2, 0) is 7.05 Å². The number of aromatic nitrogens is 3. The Morgan fingerprint density at radius 1 is 1.69 bits per heavy atom. The van der Waals surface area contributed by atoms with Crippen molar-refractivity contribution in [3.05, 3.63) is 12.2 Å². The minimum atomic E-state index is 0.0149. The summed E-state index contributed by atoms with van der Waals surface area (Å²) in [4.78, 5) is 4.40. The number of nitrogens with zero attached hydrogens (tertiary/aromatic N) is 4. The van der Waals surface area contributed by atoms with Crippen LogP contribution in [0.2, 0.25) is 0 Å². The molecule has 1 aromatic rings. The van der Waals surface area contributed by atoms with E-state index in [-0.39, 0.29) is 6.04 Å². The molecule has 1 atom stereocenters. The summed E-state index contributed by atoms with van der Waals surface area (Å²) in [5.74, 6) is 6.86. The second kappa shape index (κ2) is 4.48. The van der Waals surface area contributed by atoms with E-state index in [1.165, 1.54) is 0 Å². The highest BCUT2D eigenvalue weighted by Crippen LogP contribution is 2.23. The van der Waals surface area contributed by atoms with Crippen LogP contribution < -0.4 is 16.6 Å². The zero-order valence-corrected chi connectivity index (χ0v) is 9.51. The Kier molecular flexibility index (Phi) is 3.04. The molecule has 1 aliphatic carbocycles. The lowest BCUT2D eigenvalue weighted by Gasteiger charge is -2.15. The van der Waals surface area contributed by atoms with Crippen molar-refractivity contribution >= 4 is 5.96 Å². The summed E-state index contributed by atoms with van der Waals surface area (Å²) < 4.78 is 1.86. The van der Waals surface area contributed by atoms with Gasteiger partial charge < -0.3 is 9.88 Å². The molecule has 1 unspecified atom stereocenters. The minimum Gasteiger partial charge on any atom is -0.346 e. The molecule has 1 saturated carbocycles. The fourth-order valence-electron chi connectivity index (χ4n) is 1.46. The van der Waals surface area contributed by atoms with Crippen LogP contribution in [0.3, 0.4) is 0 Å². The van der Waals surface area contributed by atoms with Crippen molar-refractivity contribution in [1.82, 2.24) is 25.5 Å². The number of guanidine groups is 1. The van der Waals surface area contributed by atoms with E-state index in [1.54, 1.807) is 6.33 Å². The van der Waals surface area contributed by atoms with Crippen LogP contribution in [0.4, 0.5) is 0 Å². The molecule has 0 amide bonds. The third kappa shape index (κ3) is 2.48. The van der Waals surface area contributed by atoms with E-state index in [4.69, 9.17) is 5.84 Å². The van der Waals surface area contributed by atoms with Gasteiger partial charge in [-0.15, -0.1) is 10.2 Å². The summed E-state index contributed by atoms with van der Waals surface area (Å²) in [6.45, 7) is 1.99. The molecule has 0 saturated heterocycles. The van der Waals surface area contributed by atoms with E-state index in [0.29, 0.717) is 12.0 Å². The third-order valence-corrected chi connectivity index (χ3v) is 2.48. The molecule has 1 heterocycles. The van der Waals surface area contributed by atoms with Gasteiger partial charge in [0.15, 0.2) is 5.82 Å². The molecule has 7 nitrogen and oxygen atoms in total. The van der Waals surface area contributed by atoms with Gasteiger partial charge >= 0.3 is 0 Å². The van der Waals surface area contributed by atoms with Gasteiger partial charge in [-0.05, 0) is 19.8 Å². The second-order valence-corrected chi connectivity index (χ2v) is 4.02. The first-order chi connectivity index (χ1) is 7.70. The molecule has 0 aliphatic heterocycles. The fraction of sp³-hybridized carbons (Fsp3) is 0.667. The molecule has 2 rings (SSSR count). The molecule has 0 spiro atoms. The molecular formula is C9H17N7. The summed E-state index contributed by atoms with van der Waals surface area (Å²) in [7, 11) is 1.90. The van der Waals surface area contributed by atoms with E-state index < -0.39 is 0 Å². The van der Waals surface area contributed by atoms with Crippen molar-refractivity contribution in [3.63, 3.8) is 0 Å². The Hall–Kier alpha value is -1.63. The molecule has 1 aromatic heterocycles. The predicted molar refractivity (Wildman–Crippen MR) is 60.3 cm³/mol. The van der Waals surface area contributed by atoms with Crippen molar-refractivity contribution in [2.45, 2.75) is 31.8 Å². The molecular weight excluding hydrogens is 206 g/mol. The lowest BCUT2D eigenvalue weighted by atomic mass is 10.3. The van der Waals surface area contributed by atoms with Crippen LogP contribution in [0, 0.1) is 0 Å². The topological polar surface area (TPSA) is 93.2 Å². The van der Waals surface area contributed by atoms with Crippen LogP contribution in [0.25, 0.3) is 0 Å². The minimum absolute atomic E-state index is 0.0149. The summed E-state index contributed by atoms with van der Waals surface area (Å²) in [6.07, 6.45) is 3.96. The maximum absolute atomic E-state index is 5.40. The van der Waals surface area contributed by atoms with Gasteiger partial charge in [0, 0.05) is 7.05 Å². The summed E-state index contributed by atoms with van der Waals surface area (Å²) in [5.41, 5.74) is 2.57. The molecule has 4 N–H and O–H groups in total. The van der Waals surface area contributed by atoms with Crippen LogP contribution >= 0.6 is 0 Å². The second-order valence-electron chi connectivity index (χ2n) is 4.02. The average Bonchev–Trinajstić information content (AvgIpc) is 2.97. The molecule has 88 valence electrons. The maximum atomic E-state index is 5.40. The number of rotatable bonds is 3. The largest absolute Gasteiger partial charge is 0.346 e. The Morgan fingerprint density at radius 3 is 2.94 bits per heavy atom. The zero-order valence-electron chi connectivity index (χ0n) is 9.51. The van der Waals surface area contributed by atoms with Crippen LogP contribution in [0.15, 0.2) is 11.3 Å². The highest BCUT2D eigenvalue weighted by atomic mass is 15.4. The first kappa shape index (κ1) is 10.9. The highest BCUT2D eigenvalue weighted by molar-refractivity contribution is 5.79. The van der Waals surface area contributed by atoms with Crippen LogP contribution in [-0.4, -0.2) is 26.8 Å². The smallest absolute Gasteiger partial charge is 0.206 e. The Balaban J connectivity index is 2.00. The van der Waals surface area contributed by atoms with Gasteiger partial charge in [0.25, 0.3) is 0 Å². The Labute approximate surface area is 94.1 Å². The third-order valence-electron chi connectivity index (χ3n) is 2.48. The van der Waals surface area contributed by atoms with Crippen LogP contribution in [0.5, 0.6) is 0 Å². The molecule has 16 heavy (non-hydrogen) atoms. The number of aryl methyl sites for hydroxylation is 1. The number of hydrogen-bond acceptors (Lipinski definition) is 4. The van der Waals surface area contributed by atoms with E-state index in [2.05, 4.69) is 25.9 Å². The number of hydrazine groups is 1. The maximum Gasteiger partial charge on any atom is 0.206 e. The molecule has 0 bridgehead atoms. The summed E-state index contributed by atoms with van der Waals surface area (Å²) >= 11 is 0. The van der Waals surface area contributed by atoms with E-state index in [0.717, 1.165) is 18.7 Å². The van der Waals surface area contributed by atoms with Gasteiger partial charge in [-0.1, -0.05) is 0 Å². The van der Waals surface area contributed by atoms with Crippen molar-refractivity contribution in [2.75, 3.05) is 0 Å². The van der Waals surface area contributed by atoms with Crippen molar-refractivity contribution in [3.8, 4) is 0 Å². The van der Waals surface area contributed by atoms with Crippen molar-refractivity contribution < 1.29 is 0 Å². The lowest BCUT2D eigenvalue weighted by Crippen LogP contribution is -2.43. The number of nitrogens with one attached hydrogen (secondary N) is 2. The molecule has 0 aromatic carbocycles. The van der Waals surface area contributed by atoms with Gasteiger partial charge in [0.05, 0.1) is 12.1 Å². The number of hydrogen-bond donors (Lipinski definition) is 3. The monoisotopic (exact) mass is 223 g/mol. The fourth-order valence-corrected chi connectivity index (χ4v) is 1.46. The van der Waals surface area contributed by atoms with Gasteiger partial charge in [-0.3, -0.25) is 5.43 Å². The lowest BCUT2D eigenvalue weighted by molar-refractivity contribution is 0.611. The SMILES string of the molecule is CC(NC(=NC1CC1)NN)c1nncn1C. The summed E-state index contributed by atoms with van der Waals surface area (Å²) in [6, 6.07) is 0.436. The van der Waals surface area contributed by atoms with Crippen molar-refractivity contribution in [1.29, 1.82) is 0 Å². The van der Waals surface area contributed by atoms with Gasteiger partial charge in [0.1, 0.15) is 6.33 Å². The Morgan fingerprint density at radius 2 is 2.44 bits per heavy atom. The van der Waals surface area contributed by atoms with Crippen molar-refractivity contribution in [2.24, 2.45) is 17.9 Å². The highest BCUT2D eigenvalue weighted by Gasteiger charge is 2.22. The summed E-state index contributed by atoms with van der Waals surface area (Å²) in [5, 5.41) is 11.0. The standard InChI is InChI=1S/C9H17N7/c1-6(8-15-11-5-16(8)2)12-9(14-10)13-7-3-4-7/h5-7H,3-4,10H2,1-2H3,(H2,12,13,14). The molecule has 1 fully saturated rings. The van der Waals surface area contributed by atoms with E-state index in [1.807, 2.05) is 18.5 Å². The average molecular weight is 223 g/mol. The Bertz CT molecular complexity index is 379. The predicted octanol–water partition coefficient (Wildman–Crippen LogP) is -0.553. The normalized spacial score (nSPS) is 18.3. The van der Waals surface area contributed by atoms with Gasteiger partial charge in [-0.25, -0.2) is 10.8 Å². The van der Waals surface area contributed by atoms with E-state index in [9.17, 15) is 0 Å². The number of nitrogens with two attached hydrogens (primary N) is 1. The zero-order chi connectivity index (χ0) is 11.5.